The number of rotatable bonds is 12. The van der Waals surface area contributed by atoms with E-state index in [1.165, 1.54) is 11.1 Å². The maximum atomic E-state index is 13.8. The van der Waals surface area contributed by atoms with Crippen molar-refractivity contribution in [3.63, 3.8) is 0 Å². The van der Waals surface area contributed by atoms with E-state index in [9.17, 15) is 9.59 Å². The number of allylic oxidation sites excluding steroid dienone is 6. The van der Waals surface area contributed by atoms with Gasteiger partial charge in [-0.2, -0.15) is 0 Å². The van der Waals surface area contributed by atoms with Crippen molar-refractivity contribution in [2.75, 3.05) is 0 Å². The Hall–Kier alpha value is -2.62. The Morgan fingerprint density at radius 1 is 0.730 bits per heavy atom. The van der Waals surface area contributed by atoms with Crippen LogP contribution in [0.15, 0.2) is 70.9 Å². The molecule has 4 aliphatic carbocycles. The minimum Gasteiger partial charge on any atom is -0.451 e. The van der Waals surface area contributed by atoms with Gasteiger partial charge in [0.15, 0.2) is 0 Å². The van der Waals surface area contributed by atoms with E-state index in [1.807, 2.05) is 0 Å². The normalized spacial score (nSPS) is 29.9. The molecule has 0 aliphatic heterocycles. The highest BCUT2D eigenvalue weighted by atomic mass is 16.6. The molecule has 4 atom stereocenters. The Balaban J connectivity index is 1.61. The summed E-state index contributed by atoms with van der Waals surface area (Å²) in [6, 6.07) is 0. The monoisotopic (exact) mass is 504 g/mol. The molecule has 2 bridgehead atoms. The van der Waals surface area contributed by atoms with Gasteiger partial charge in [-0.25, -0.2) is 9.59 Å². The molecule has 0 amide bonds. The first-order chi connectivity index (χ1) is 17.9. The fourth-order valence-corrected chi connectivity index (χ4v) is 6.57. The summed E-state index contributed by atoms with van der Waals surface area (Å²) in [7, 11) is 0. The standard InChI is InChI=1S/C33H44O4/c1-5-11-24-13-9-19-32(22-24,17-7-3)36-30(34)28-26-15-16-27(21-26)29(28)31(35)37-33(18-8-4)20-10-14-25(23-33)12-6-2/h9-10,13-16,22-23,26-27H,5-8,11-12,17-21H2,1-4H3. The van der Waals surface area contributed by atoms with Crippen molar-refractivity contribution < 1.29 is 19.1 Å². The van der Waals surface area contributed by atoms with Gasteiger partial charge in [0.2, 0.25) is 0 Å². The molecule has 4 aliphatic rings. The van der Waals surface area contributed by atoms with E-state index >= 15 is 0 Å². The summed E-state index contributed by atoms with van der Waals surface area (Å²) in [5.41, 5.74) is 2.19. The molecule has 4 heteroatoms. The highest BCUT2D eigenvalue weighted by molar-refractivity contribution is 6.03. The van der Waals surface area contributed by atoms with Crippen LogP contribution in [0.2, 0.25) is 0 Å². The van der Waals surface area contributed by atoms with Gasteiger partial charge in [-0.3, -0.25) is 0 Å². The van der Waals surface area contributed by atoms with Crippen molar-refractivity contribution in [1.82, 2.24) is 0 Å². The van der Waals surface area contributed by atoms with Crippen molar-refractivity contribution in [2.24, 2.45) is 11.8 Å². The van der Waals surface area contributed by atoms with Crippen LogP contribution >= 0.6 is 0 Å². The van der Waals surface area contributed by atoms with E-state index in [4.69, 9.17) is 9.47 Å². The third kappa shape index (κ3) is 5.94. The number of ether oxygens (including phenoxy) is 2. The second-order valence-electron chi connectivity index (χ2n) is 11.2. The number of esters is 2. The largest absolute Gasteiger partial charge is 0.451 e. The van der Waals surface area contributed by atoms with Crippen molar-refractivity contribution in [1.29, 1.82) is 0 Å². The summed E-state index contributed by atoms with van der Waals surface area (Å²) in [5, 5.41) is 0. The van der Waals surface area contributed by atoms with Gasteiger partial charge in [-0.05, 0) is 55.4 Å². The zero-order valence-electron chi connectivity index (χ0n) is 23.2. The Kier molecular flexibility index (Phi) is 8.77. The average molecular weight is 505 g/mol. The highest BCUT2D eigenvalue weighted by Gasteiger charge is 2.46. The van der Waals surface area contributed by atoms with Crippen LogP contribution in [0.5, 0.6) is 0 Å². The SMILES string of the molecule is CCCC1=CC(CCC)(OC(=O)C2=C(C(=O)OC3(CCC)C=C(CCC)C=CC3)C3C=CC2C3)CC=C1. The van der Waals surface area contributed by atoms with Crippen LogP contribution in [-0.4, -0.2) is 23.1 Å². The zero-order chi connectivity index (χ0) is 26.5. The summed E-state index contributed by atoms with van der Waals surface area (Å²) in [6.45, 7) is 8.56. The molecule has 0 aromatic carbocycles. The van der Waals surface area contributed by atoms with E-state index in [-0.39, 0.29) is 23.8 Å². The summed E-state index contributed by atoms with van der Waals surface area (Å²) >= 11 is 0. The molecule has 4 rings (SSSR count). The number of hydrogen-bond donors (Lipinski definition) is 0. The van der Waals surface area contributed by atoms with Gasteiger partial charge in [0, 0.05) is 24.7 Å². The van der Waals surface area contributed by atoms with Crippen LogP contribution in [0.25, 0.3) is 0 Å². The maximum Gasteiger partial charge on any atom is 0.336 e. The average Bonchev–Trinajstić information content (AvgIpc) is 3.47. The second-order valence-corrected chi connectivity index (χ2v) is 11.2. The van der Waals surface area contributed by atoms with E-state index in [1.54, 1.807) is 0 Å². The molecular weight excluding hydrogens is 460 g/mol. The third-order valence-corrected chi connectivity index (χ3v) is 8.06. The maximum absolute atomic E-state index is 13.8. The Morgan fingerprint density at radius 3 is 1.54 bits per heavy atom. The lowest BCUT2D eigenvalue weighted by molar-refractivity contribution is -0.154. The van der Waals surface area contributed by atoms with E-state index in [0.717, 1.165) is 57.8 Å². The zero-order valence-corrected chi connectivity index (χ0v) is 23.2. The fraction of sp³-hybridized carbons (Fsp3) is 0.576. The Bertz CT molecular complexity index is 986. The highest BCUT2D eigenvalue weighted by Crippen LogP contribution is 2.47. The Labute approximate surface area is 223 Å². The molecule has 0 radical (unpaired) electrons. The predicted molar refractivity (Wildman–Crippen MR) is 149 cm³/mol. The molecule has 0 heterocycles. The van der Waals surface area contributed by atoms with Gasteiger partial charge in [0.25, 0.3) is 0 Å². The Morgan fingerprint density at radius 2 is 1.16 bits per heavy atom. The van der Waals surface area contributed by atoms with Crippen LogP contribution in [0.1, 0.15) is 98.3 Å². The molecule has 0 N–H and O–H groups in total. The van der Waals surface area contributed by atoms with Crippen LogP contribution in [0.4, 0.5) is 0 Å². The topological polar surface area (TPSA) is 52.6 Å². The summed E-state index contributed by atoms with van der Waals surface area (Å²) in [6.07, 6.45) is 26.5. The lowest BCUT2D eigenvalue weighted by Crippen LogP contribution is -2.37. The van der Waals surface area contributed by atoms with Crippen molar-refractivity contribution in [2.45, 2.75) is 110 Å². The predicted octanol–water partition coefficient (Wildman–Crippen LogP) is 8.03. The molecule has 4 nitrogen and oxygen atoms in total. The second kappa shape index (κ2) is 11.8. The van der Waals surface area contributed by atoms with Gasteiger partial charge in [-0.15, -0.1) is 0 Å². The molecule has 0 aromatic rings. The molecular formula is C33H44O4. The molecule has 37 heavy (non-hydrogen) atoms. The van der Waals surface area contributed by atoms with E-state index < -0.39 is 11.2 Å². The molecule has 4 unspecified atom stereocenters. The van der Waals surface area contributed by atoms with Gasteiger partial charge in [0.05, 0.1) is 11.1 Å². The molecule has 200 valence electrons. The molecule has 0 spiro atoms. The van der Waals surface area contributed by atoms with Crippen molar-refractivity contribution >= 4 is 11.9 Å². The van der Waals surface area contributed by atoms with Crippen LogP contribution in [-0.2, 0) is 19.1 Å². The molecule has 0 aromatic heterocycles. The van der Waals surface area contributed by atoms with Crippen LogP contribution in [0, 0.1) is 11.8 Å². The van der Waals surface area contributed by atoms with Crippen LogP contribution < -0.4 is 0 Å². The summed E-state index contributed by atoms with van der Waals surface area (Å²) in [5.74, 6) is -0.849. The number of carbonyl (C=O) groups is 2. The van der Waals surface area contributed by atoms with E-state index in [0.29, 0.717) is 24.0 Å². The summed E-state index contributed by atoms with van der Waals surface area (Å²) < 4.78 is 12.7. The molecule has 0 saturated carbocycles. The fourth-order valence-electron chi connectivity index (χ4n) is 6.57. The lowest BCUT2D eigenvalue weighted by Gasteiger charge is -2.34. The smallest absolute Gasteiger partial charge is 0.336 e. The lowest BCUT2D eigenvalue weighted by atomic mass is 9.85. The van der Waals surface area contributed by atoms with Gasteiger partial charge < -0.3 is 9.47 Å². The number of hydrogen-bond acceptors (Lipinski definition) is 4. The minimum absolute atomic E-state index is 0.0727. The van der Waals surface area contributed by atoms with Gasteiger partial charge in [0.1, 0.15) is 11.2 Å². The van der Waals surface area contributed by atoms with E-state index in [2.05, 4.69) is 76.3 Å². The first kappa shape index (κ1) is 27.4. The number of carbonyl (C=O) groups excluding carboxylic acids is 2. The van der Waals surface area contributed by atoms with Crippen molar-refractivity contribution in [3.8, 4) is 0 Å². The summed E-state index contributed by atoms with van der Waals surface area (Å²) in [4.78, 5) is 27.6. The third-order valence-electron chi connectivity index (χ3n) is 8.06. The van der Waals surface area contributed by atoms with Crippen LogP contribution in [0.3, 0.4) is 0 Å². The molecule has 0 saturated heterocycles. The van der Waals surface area contributed by atoms with Gasteiger partial charge >= 0.3 is 11.9 Å². The number of fused-ring (bicyclic) bond motifs is 2. The van der Waals surface area contributed by atoms with Gasteiger partial charge in [-0.1, -0.05) is 89.8 Å². The van der Waals surface area contributed by atoms with Crippen molar-refractivity contribution in [3.05, 3.63) is 70.9 Å². The first-order valence-electron chi connectivity index (χ1n) is 14.5. The first-order valence-corrected chi connectivity index (χ1v) is 14.5. The molecule has 0 fully saturated rings. The minimum atomic E-state index is -0.645. The quantitative estimate of drug-likeness (QED) is 0.199.